The fourth-order valence-corrected chi connectivity index (χ4v) is 5.61. The van der Waals surface area contributed by atoms with Gasteiger partial charge in [0.05, 0.1) is 6.10 Å². The third kappa shape index (κ3) is 3.40. The minimum Gasteiger partial charge on any atom is -0.384 e. The Morgan fingerprint density at radius 3 is 2.52 bits per heavy atom. The van der Waals surface area contributed by atoms with Gasteiger partial charge in [-0.05, 0) is 68.6 Å². The highest BCUT2D eigenvalue weighted by molar-refractivity contribution is 5.07. The third-order valence-corrected chi connectivity index (χ3v) is 7.43. The van der Waals surface area contributed by atoms with Gasteiger partial charge in [0.2, 0.25) is 0 Å². The molecule has 3 fully saturated rings. The van der Waals surface area contributed by atoms with Gasteiger partial charge in [-0.2, -0.15) is 0 Å². The van der Waals surface area contributed by atoms with E-state index in [-0.39, 0.29) is 17.9 Å². The lowest BCUT2D eigenvalue weighted by molar-refractivity contribution is -0.382. The molecule has 1 aliphatic carbocycles. The number of rotatable bonds is 4. The van der Waals surface area contributed by atoms with Crippen LogP contribution in [0.3, 0.4) is 0 Å². The lowest BCUT2D eigenvalue weighted by Gasteiger charge is -2.57. The average molecular weight is 355 g/mol. The Labute approximate surface area is 153 Å². The maximum Gasteiger partial charge on any atom is 0.190 e. The highest BCUT2D eigenvalue weighted by atomic mass is 16.8. The normalized spacial score (nSPS) is 50.4. The fraction of sp³-hybridized carbons (Fsp3) is 1.00. The summed E-state index contributed by atoms with van der Waals surface area (Å²) in [6, 6.07) is 0. The number of aliphatic hydroxyl groups is 1. The molecule has 1 N–H and O–H groups in total. The second-order valence-electron chi connectivity index (χ2n) is 9.49. The van der Waals surface area contributed by atoms with Crippen LogP contribution in [0.4, 0.5) is 0 Å². The third-order valence-electron chi connectivity index (χ3n) is 7.43. The van der Waals surface area contributed by atoms with Crippen LogP contribution in [0.5, 0.6) is 0 Å². The molecule has 0 radical (unpaired) electrons. The monoisotopic (exact) mass is 354 g/mol. The highest BCUT2D eigenvalue weighted by Gasteiger charge is 2.63. The van der Waals surface area contributed by atoms with Crippen molar-refractivity contribution in [2.24, 2.45) is 29.6 Å². The van der Waals surface area contributed by atoms with E-state index in [0.717, 1.165) is 32.1 Å². The molecule has 0 spiro atoms. The summed E-state index contributed by atoms with van der Waals surface area (Å²) >= 11 is 0. The smallest absolute Gasteiger partial charge is 0.190 e. The van der Waals surface area contributed by atoms with Crippen LogP contribution in [0.25, 0.3) is 0 Å². The van der Waals surface area contributed by atoms with Crippen molar-refractivity contribution in [1.29, 1.82) is 0 Å². The number of ether oxygens (including phenoxy) is 3. The SMILES string of the molecule is CO[C@@]1(C)CC[C@H]2[C@H](C)CC[C@H]3[C@@H](C)C(CCC(C)C)O[C@H](O1)[C@@]23O. The second kappa shape index (κ2) is 7.10. The van der Waals surface area contributed by atoms with Gasteiger partial charge in [0.15, 0.2) is 12.1 Å². The molecule has 4 heteroatoms. The Hall–Kier alpha value is -0.160. The van der Waals surface area contributed by atoms with E-state index < -0.39 is 17.7 Å². The van der Waals surface area contributed by atoms with Gasteiger partial charge in [-0.15, -0.1) is 0 Å². The first-order chi connectivity index (χ1) is 11.7. The largest absolute Gasteiger partial charge is 0.384 e. The lowest BCUT2D eigenvalue weighted by Crippen LogP contribution is -2.66. The zero-order valence-corrected chi connectivity index (χ0v) is 17.0. The fourth-order valence-electron chi connectivity index (χ4n) is 5.61. The van der Waals surface area contributed by atoms with Gasteiger partial charge in [-0.25, -0.2) is 0 Å². The maximum atomic E-state index is 11.9. The number of hydrogen-bond acceptors (Lipinski definition) is 4. The summed E-state index contributed by atoms with van der Waals surface area (Å²) in [5, 5.41) is 11.9. The number of hydrogen-bond donors (Lipinski definition) is 1. The van der Waals surface area contributed by atoms with E-state index in [2.05, 4.69) is 27.7 Å². The van der Waals surface area contributed by atoms with Gasteiger partial charge in [0, 0.05) is 13.5 Å². The topological polar surface area (TPSA) is 47.9 Å². The van der Waals surface area contributed by atoms with Gasteiger partial charge in [0.1, 0.15) is 5.60 Å². The summed E-state index contributed by atoms with van der Waals surface area (Å²) < 4.78 is 18.5. The summed E-state index contributed by atoms with van der Waals surface area (Å²) in [4.78, 5) is 0. The molecule has 3 rings (SSSR count). The van der Waals surface area contributed by atoms with Gasteiger partial charge in [-0.1, -0.05) is 27.7 Å². The quantitative estimate of drug-likeness (QED) is 0.815. The first-order valence-corrected chi connectivity index (χ1v) is 10.3. The van der Waals surface area contributed by atoms with Crippen LogP contribution in [-0.4, -0.2) is 36.0 Å². The molecular formula is C21H38O4. The Morgan fingerprint density at radius 2 is 1.88 bits per heavy atom. The molecule has 3 aliphatic rings. The van der Waals surface area contributed by atoms with Gasteiger partial charge < -0.3 is 19.3 Å². The van der Waals surface area contributed by atoms with Crippen molar-refractivity contribution in [2.45, 2.75) is 96.9 Å². The first-order valence-electron chi connectivity index (χ1n) is 10.3. The second-order valence-corrected chi connectivity index (χ2v) is 9.49. The van der Waals surface area contributed by atoms with E-state index in [1.54, 1.807) is 7.11 Å². The number of methoxy groups -OCH3 is 1. The standard InChI is InChI=1S/C21H38O4/c1-13(2)7-10-18-15(4)17-9-8-14(3)16-11-12-20(5,23-6)25-19(24-18)21(16,17)22/h13-19,22H,7-12H2,1-6H3/t14-,15-,16+,17+,18?,19-,20-,21-/m1/s1. The molecule has 0 aromatic carbocycles. The Morgan fingerprint density at radius 1 is 1.16 bits per heavy atom. The molecule has 8 atom stereocenters. The van der Waals surface area contributed by atoms with E-state index in [4.69, 9.17) is 14.2 Å². The molecule has 0 amide bonds. The predicted molar refractivity (Wildman–Crippen MR) is 98.0 cm³/mol. The van der Waals surface area contributed by atoms with E-state index in [9.17, 15) is 5.11 Å². The average Bonchev–Trinajstić information content (AvgIpc) is 2.66. The molecule has 146 valence electrons. The van der Waals surface area contributed by atoms with Crippen molar-refractivity contribution in [3.63, 3.8) is 0 Å². The molecule has 1 unspecified atom stereocenters. The molecular weight excluding hydrogens is 316 g/mol. The van der Waals surface area contributed by atoms with Crippen LogP contribution in [-0.2, 0) is 14.2 Å². The van der Waals surface area contributed by atoms with E-state index >= 15 is 0 Å². The Bertz CT molecular complexity index is 467. The summed E-state index contributed by atoms with van der Waals surface area (Å²) in [6.45, 7) is 11.1. The summed E-state index contributed by atoms with van der Waals surface area (Å²) in [6.07, 6.45) is 5.76. The van der Waals surface area contributed by atoms with E-state index in [0.29, 0.717) is 17.8 Å². The van der Waals surface area contributed by atoms with Crippen molar-refractivity contribution in [1.82, 2.24) is 0 Å². The predicted octanol–water partition coefficient (Wildman–Crippen LogP) is 4.35. The molecule has 1 saturated carbocycles. The minimum atomic E-state index is -0.887. The zero-order valence-electron chi connectivity index (χ0n) is 17.0. The van der Waals surface area contributed by atoms with Crippen LogP contribution in [0.15, 0.2) is 0 Å². The van der Waals surface area contributed by atoms with Gasteiger partial charge in [-0.3, -0.25) is 0 Å². The van der Waals surface area contributed by atoms with Crippen molar-refractivity contribution in [3.8, 4) is 0 Å². The van der Waals surface area contributed by atoms with Crippen molar-refractivity contribution >= 4 is 0 Å². The summed E-state index contributed by atoms with van der Waals surface area (Å²) in [5.74, 6) is 1.33. The minimum absolute atomic E-state index is 0.158. The highest BCUT2D eigenvalue weighted by Crippen LogP contribution is 2.56. The van der Waals surface area contributed by atoms with Crippen molar-refractivity contribution < 1.29 is 19.3 Å². The van der Waals surface area contributed by atoms with Crippen LogP contribution in [0.1, 0.15) is 73.1 Å². The zero-order chi connectivity index (χ0) is 18.4. The molecule has 0 bridgehead atoms. The molecule has 2 saturated heterocycles. The Kier molecular flexibility index (Phi) is 5.57. The summed E-state index contributed by atoms with van der Waals surface area (Å²) in [5.41, 5.74) is -0.887. The van der Waals surface area contributed by atoms with Gasteiger partial charge >= 0.3 is 0 Å². The molecule has 25 heavy (non-hydrogen) atoms. The molecule has 0 aromatic heterocycles. The Balaban J connectivity index is 1.92. The molecule has 0 aromatic rings. The van der Waals surface area contributed by atoms with E-state index in [1.165, 1.54) is 6.42 Å². The van der Waals surface area contributed by atoms with Crippen LogP contribution < -0.4 is 0 Å². The van der Waals surface area contributed by atoms with Crippen LogP contribution in [0.2, 0.25) is 0 Å². The van der Waals surface area contributed by atoms with Crippen molar-refractivity contribution in [3.05, 3.63) is 0 Å². The first kappa shape index (κ1) is 19.6. The lowest BCUT2D eigenvalue weighted by atomic mass is 9.57. The van der Waals surface area contributed by atoms with Crippen LogP contribution in [0, 0.1) is 29.6 Å². The maximum absolute atomic E-state index is 11.9. The molecule has 2 heterocycles. The molecule has 4 nitrogen and oxygen atoms in total. The van der Waals surface area contributed by atoms with Gasteiger partial charge in [0.25, 0.3) is 0 Å². The molecule has 2 aliphatic heterocycles. The van der Waals surface area contributed by atoms with Crippen LogP contribution >= 0.6 is 0 Å². The summed E-state index contributed by atoms with van der Waals surface area (Å²) in [7, 11) is 1.70. The van der Waals surface area contributed by atoms with Crippen molar-refractivity contribution in [2.75, 3.05) is 7.11 Å². The van der Waals surface area contributed by atoms with E-state index in [1.807, 2.05) is 6.92 Å².